The minimum Gasteiger partial charge on any atom is -0.339 e. The third kappa shape index (κ3) is 5.63. The van der Waals surface area contributed by atoms with Crippen LogP contribution in [0.15, 0.2) is 60.7 Å². The van der Waals surface area contributed by atoms with Gasteiger partial charge in [-0.25, -0.2) is 0 Å². The predicted molar refractivity (Wildman–Crippen MR) is 110 cm³/mol. The number of carbonyl (C=O) groups is 2. The van der Waals surface area contributed by atoms with Crippen LogP contribution in [0.1, 0.15) is 18.1 Å². The van der Waals surface area contributed by atoms with Gasteiger partial charge in [0.1, 0.15) is 0 Å². The molecule has 7 heteroatoms. The van der Waals surface area contributed by atoms with Crippen LogP contribution in [0.5, 0.6) is 0 Å². The van der Waals surface area contributed by atoms with Crippen LogP contribution in [0.4, 0.5) is 23.0 Å². The first-order chi connectivity index (χ1) is 13.5. The number of aryl methyl sites for hydroxylation is 1. The molecule has 0 fully saturated rings. The van der Waals surface area contributed by atoms with Crippen molar-refractivity contribution in [3.63, 3.8) is 0 Å². The van der Waals surface area contributed by atoms with E-state index in [0.29, 0.717) is 11.6 Å². The van der Waals surface area contributed by atoms with E-state index in [-0.39, 0.29) is 18.2 Å². The second-order valence-corrected chi connectivity index (χ2v) is 6.40. The highest BCUT2D eigenvalue weighted by atomic mass is 16.2. The number of amides is 2. The lowest BCUT2D eigenvalue weighted by Crippen LogP contribution is -2.15. The number of rotatable bonds is 6. The lowest BCUT2D eigenvalue weighted by molar-refractivity contribution is -0.116. The second kappa shape index (κ2) is 8.77. The van der Waals surface area contributed by atoms with Crippen molar-refractivity contribution in [1.29, 1.82) is 0 Å². The molecule has 3 rings (SSSR count). The smallest absolute Gasteiger partial charge is 0.229 e. The van der Waals surface area contributed by atoms with E-state index in [1.54, 1.807) is 24.3 Å². The Morgan fingerprint density at radius 1 is 0.786 bits per heavy atom. The van der Waals surface area contributed by atoms with Crippen molar-refractivity contribution in [3.8, 4) is 0 Å². The number of benzene rings is 2. The van der Waals surface area contributed by atoms with Gasteiger partial charge in [-0.15, -0.1) is 10.2 Å². The molecule has 1 aromatic heterocycles. The number of hydrogen-bond acceptors (Lipinski definition) is 5. The summed E-state index contributed by atoms with van der Waals surface area (Å²) in [6, 6.07) is 18.5. The van der Waals surface area contributed by atoms with Crippen LogP contribution in [0.25, 0.3) is 0 Å². The van der Waals surface area contributed by atoms with Gasteiger partial charge in [-0.1, -0.05) is 29.8 Å². The fourth-order valence-electron chi connectivity index (χ4n) is 2.53. The first-order valence-electron chi connectivity index (χ1n) is 8.82. The highest BCUT2D eigenvalue weighted by Crippen LogP contribution is 2.18. The SMILES string of the molecule is CC(=O)Nc1ccc(Nc2ccc(NC(=O)Cc3ccc(C)cc3)nn2)cc1. The molecule has 0 aliphatic rings. The molecule has 0 saturated carbocycles. The van der Waals surface area contributed by atoms with Gasteiger partial charge in [0.15, 0.2) is 11.6 Å². The molecule has 142 valence electrons. The minimum absolute atomic E-state index is 0.119. The fourth-order valence-corrected chi connectivity index (χ4v) is 2.53. The average molecular weight is 375 g/mol. The van der Waals surface area contributed by atoms with Gasteiger partial charge in [-0.05, 0) is 48.9 Å². The first kappa shape index (κ1) is 19.0. The first-order valence-corrected chi connectivity index (χ1v) is 8.82. The number of carbonyl (C=O) groups excluding carboxylic acids is 2. The van der Waals surface area contributed by atoms with Gasteiger partial charge in [0.05, 0.1) is 6.42 Å². The van der Waals surface area contributed by atoms with E-state index in [0.717, 1.165) is 22.5 Å². The van der Waals surface area contributed by atoms with Crippen LogP contribution >= 0.6 is 0 Å². The highest BCUT2D eigenvalue weighted by Gasteiger charge is 2.06. The molecule has 28 heavy (non-hydrogen) atoms. The largest absolute Gasteiger partial charge is 0.339 e. The zero-order valence-corrected chi connectivity index (χ0v) is 15.7. The molecule has 0 aliphatic heterocycles. The molecule has 2 aromatic carbocycles. The Balaban J connectivity index is 1.55. The number of nitrogens with one attached hydrogen (secondary N) is 3. The van der Waals surface area contributed by atoms with Crippen molar-refractivity contribution in [2.45, 2.75) is 20.3 Å². The monoisotopic (exact) mass is 375 g/mol. The van der Waals surface area contributed by atoms with Crippen molar-refractivity contribution in [3.05, 3.63) is 71.8 Å². The molecule has 1 heterocycles. The third-order valence-corrected chi connectivity index (χ3v) is 3.89. The van der Waals surface area contributed by atoms with Gasteiger partial charge >= 0.3 is 0 Å². The molecule has 0 spiro atoms. The van der Waals surface area contributed by atoms with Crippen LogP contribution < -0.4 is 16.0 Å². The molecule has 0 aliphatic carbocycles. The summed E-state index contributed by atoms with van der Waals surface area (Å²) in [5, 5.41) is 16.7. The Labute approximate surface area is 163 Å². The zero-order valence-electron chi connectivity index (χ0n) is 15.7. The van der Waals surface area contributed by atoms with E-state index < -0.39 is 0 Å². The van der Waals surface area contributed by atoms with Crippen molar-refractivity contribution >= 4 is 34.8 Å². The maximum atomic E-state index is 12.1. The van der Waals surface area contributed by atoms with E-state index in [2.05, 4.69) is 26.1 Å². The van der Waals surface area contributed by atoms with E-state index in [4.69, 9.17) is 0 Å². The Hall–Kier alpha value is -3.74. The maximum Gasteiger partial charge on any atom is 0.229 e. The summed E-state index contributed by atoms with van der Waals surface area (Å²) in [6.07, 6.45) is 0.280. The van der Waals surface area contributed by atoms with E-state index in [9.17, 15) is 9.59 Å². The normalized spacial score (nSPS) is 10.2. The quantitative estimate of drug-likeness (QED) is 0.611. The van der Waals surface area contributed by atoms with Crippen molar-refractivity contribution in [2.75, 3.05) is 16.0 Å². The van der Waals surface area contributed by atoms with Gasteiger partial charge in [-0.2, -0.15) is 0 Å². The molecule has 7 nitrogen and oxygen atoms in total. The molecule has 3 aromatic rings. The van der Waals surface area contributed by atoms with Gasteiger partial charge in [0.25, 0.3) is 0 Å². The highest BCUT2D eigenvalue weighted by molar-refractivity contribution is 5.91. The Bertz CT molecular complexity index is 952. The van der Waals surface area contributed by atoms with E-state index in [1.165, 1.54) is 6.92 Å². The lowest BCUT2D eigenvalue weighted by atomic mass is 10.1. The second-order valence-electron chi connectivity index (χ2n) is 6.40. The van der Waals surface area contributed by atoms with Crippen LogP contribution in [0.2, 0.25) is 0 Å². The lowest BCUT2D eigenvalue weighted by Gasteiger charge is -2.08. The summed E-state index contributed by atoms with van der Waals surface area (Å²) in [4.78, 5) is 23.2. The van der Waals surface area contributed by atoms with E-state index in [1.807, 2.05) is 43.3 Å². The Morgan fingerprint density at radius 2 is 1.39 bits per heavy atom. The maximum absolute atomic E-state index is 12.1. The van der Waals surface area contributed by atoms with Gasteiger partial charge in [0, 0.05) is 18.3 Å². The molecular weight excluding hydrogens is 354 g/mol. The number of aromatic nitrogens is 2. The topological polar surface area (TPSA) is 96.0 Å². The van der Waals surface area contributed by atoms with Gasteiger partial charge < -0.3 is 16.0 Å². The average Bonchev–Trinajstić information content (AvgIpc) is 2.66. The molecule has 0 radical (unpaired) electrons. The van der Waals surface area contributed by atoms with Gasteiger partial charge in [-0.3, -0.25) is 9.59 Å². The van der Waals surface area contributed by atoms with Gasteiger partial charge in [0.2, 0.25) is 11.8 Å². The molecule has 0 bridgehead atoms. The molecule has 0 unspecified atom stereocenters. The Kier molecular flexibility index (Phi) is 5.96. The Morgan fingerprint density at radius 3 is 2.00 bits per heavy atom. The molecule has 2 amide bonds. The molecule has 0 atom stereocenters. The number of nitrogens with zero attached hydrogens (tertiary/aromatic N) is 2. The third-order valence-electron chi connectivity index (χ3n) is 3.89. The van der Waals surface area contributed by atoms with Crippen molar-refractivity contribution in [1.82, 2.24) is 10.2 Å². The summed E-state index contributed by atoms with van der Waals surface area (Å²) in [6.45, 7) is 3.47. The van der Waals surface area contributed by atoms with Crippen LogP contribution in [0, 0.1) is 6.92 Å². The van der Waals surface area contributed by atoms with Crippen LogP contribution in [0.3, 0.4) is 0 Å². The molecule has 3 N–H and O–H groups in total. The summed E-state index contributed by atoms with van der Waals surface area (Å²) < 4.78 is 0. The summed E-state index contributed by atoms with van der Waals surface area (Å²) in [5.41, 5.74) is 3.62. The van der Waals surface area contributed by atoms with Crippen LogP contribution in [-0.2, 0) is 16.0 Å². The van der Waals surface area contributed by atoms with Crippen molar-refractivity contribution < 1.29 is 9.59 Å². The van der Waals surface area contributed by atoms with E-state index >= 15 is 0 Å². The standard InChI is InChI=1S/C21H21N5O2/c1-14-3-5-16(6-4-14)13-21(28)24-20-12-11-19(25-26-20)23-18-9-7-17(8-10-18)22-15(2)27/h3-12H,13H2,1-2H3,(H,22,27)(H,23,25)(H,24,26,28). The van der Waals surface area contributed by atoms with Crippen LogP contribution in [-0.4, -0.2) is 22.0 Å². The molecular formula is C21H21N5O2. The summed E-state index contributed by atoms with van der Waals surface area (Å²) >= 11 is 0. The number of hydrogen-bond donors (Lipinski definition) is 3. The fraction of sp³-hybridized carbons (Fsp3) is 0.143. The molecule has 0 saturated heterocycles. The predicted octanol–water partition coefficient (Wildman–Crippen LogP) is 3.67. The zero-order chi connectivity index (χ0) is 19.9. The summed E-state index contributed by atoms with van der Waals surface area (Å²) in [7, 11) is 0. The van der Waals surface area contributed by atoms with Crippen molar-refractivity contribution in [2.24, 2.45) is 0 Å². The number of anilines is 4. The summed E-state index contributed by atoms with van der Waals surface area (Å²) in [5.74, 6) is 0.673. The minimum atomic E-state index is -0.146.